The summed E-state index contributed by atoms with van der Waals surface area (Å²) < 4.78 is 11.4. The van der Waals surface area contributed by atoms with E-state index in [2.05, 4.69) is 10.6 Å². The van der Waals surface area contributed by atoms with Gasteiger partial charge in [-0.25, -0.2) is 4.79 Å². The summed E-state index contributed by atoms with van der Waals surface area (Å²) in [6.45, 7) is 3.29. The third-order valence-electron chi connectivity index (χ3n) is 6.67. The molecule has 3 amide bonds. The molecule has 2 N–H and O–H groups in total. The fourth-order valence-corrected chi connectivity index (χ4v) is 4.62. The van der Waals surface area contributed by atoms with Gasteiger partial charge in [-0.1, -0.05) is 54.6 Å². The minimum atomic E-state index is -0.281. The number of amides is 3. The maximum atomic E-state index is 13.5. The first-order chi connectivity index (χ1) is 20.6. The third kappa shape index (κ3) is 7.26. The van der Waals surface area contributed by atoms with Crippen LogP contribution in [0.3, 0.4) is 0 Å². The molecule has 0 bridgehead atoms. The highest BCUT2D eigenvalue weighted by Crippen LogP contribution is 2.26. The molecule has 0 saturated heterocycles. The Balaban J connectivity index is 1.26. The summed E-state index contributed by atoms with van der Waals surface area (Å²) in [5.74, 6) is 2.00. The van der Waals surface area contributed by atoms with Crippen LogP contribution in [0.5, 0.6) is 17.2 Å². The summed E-state index contributed by atoms with van der Waals surface area (Å²) in [5, 5.41) is 7.91. The van der Waals surface area contributed by atoms with E-state index in [0.717, 1.165) is 22.3 Å². The number of para-hydroxylation sites is 1. The van der Waals surface area contributed by atoms with Crippen LogP contribution in [0, 0.1) is 0 Å². The van der Waals surface area contributed by atoms with Gasteiger partial charge in [0.05, 0.1) is 6.61 Å². The molecule has 5 aromatic rings. The number of hydrogen-bond acceptors (Lipinski definition) is 4. The predicted molar refractivity (Wildman–Crippen MR) is 168 cm³/mol. The number of anilines is 2. The van der Waals surface area contributed by atoms with Crippen molar-refractivity contribution in [2.75, 3.05) is 29.9 Å². The van der Waals surface area contributed by atoms with E-state index in [-0.39, 0.29) is 11.9 Å². The molecule has 0 aliphatic carbocycles. The number of ether oxygens (including phenoxy) is 2. The fourth-order valence-electron chi connectivity index (χ4n) is 4.62. The molecule has 0 atom stereocenters. The van der Waals surface area contributed by atoms with Crippen LogP contribution >= 0.6 is 0 Å². The first kappa shape index (κ1) is 28.2. The minimum Gasteiger partial charge on any atom is -0.494 e. The van der Waals surface area contributed by atoms with E-state index in [4.69, 9.17) is 9.47 Å². The molecule has 0 saturated carbocycles. The standard InChI is InChI=1S/C35H33N3O4/c1-2-41-29-20-16-27(17-21-29)37-35(40)38(28-18-22-31(23-19-28)42-30-12-4-3-5-13-30)25-9-24-36-34(39)33-15-8-11-26-10-6-7-14-32(26)33/h3-8,10-23H,2,9,24-25H2,1H3,(H,36,39)(H,37,40). The van der Waals surface area contributed by atoms with Gasteiger partial charge >= 0.3 is 6.03 Å². The molecule has 5 rings (SSSR count). The van der Waals surface area contributed by atoms with Gasteiger partial charge in [-0.3, -0.25) is 9.69 Å². The highest BCUT2D eigenvalue weighted by atomic mass is 16.5. The van der Waals surface area contributed by atoms with Crippen molar-refractivity contribution in [2.45, 2.75) is 13.3 Å². The van der Waals surface area contributed by atoms with Crippen LogP contribution in [0.15, 0.2) is 121 Å². The zero-order valence-corrected chi connectivity index (χ0v) is 23.5. The topological polar surface area (TPSA) is 79.9 Å². The van der Waals surface area contributed by atoms with E-state index in [1.807, 2.05) is 128 Å². The molecule has 7 nitrogen and oxygen atoms in total. The Kier molecular flexibility index (Phi) is 9.31. The molecule has 0 fully saturated rings. The number of fused-ring (bicyclic) bond motifs is 1. The van der Waals surface area contributed by atoms with Gasteiger partial charge in [-0.15, -0.1) is 0 Å². The maximum Gasteiger partial charge on any atom is 0.326 e. The van der Waals surface area contributed by atoms with Crippen molar-refractivity contribution >= 4 is 34.1 Å². The predicted octanol–water partition coefficient (Wildman–Crippen LogP) is 7.89. The van der Waals surface area contributed by atoms with Crippen molar-refractivity contribution in [3.05, 3.63) is 127 Å². The quantitative estimate of drug-likeness (QED) is 0.161. The van der Waals surface area contributed by atoms with Crippen molar-refractivity contribution in [1.29, 1.82) is 0 Å². The number of nitrogens with one attached hydrogen (secondary N) is 2. The Morgan fingerprint density at radius 1 is 0.714 bits per heavy atom. The summed E-state index contributed by atoms with van der Waals surface area (Å²) in [7, 11) is 0. The largest absolute Gasteiger partial charge is 0.494 e. The molecule has 5 aromatic carbocycles. The SMILES string of the molecule is CCOc1ccc(NC(=O)N(CCCNC(=O)c2cccc3ccccc23)c2ccc(Oc3ccccc3)cc2)cc1. The molecular formula is C35H33N3O4. The van der Waals surface area contributed by atoms with E-state index >= 15 is 0 Å². The normalized spacial score (nSPS) is 10.6. The van der Waals surface area contributed by atoms with E-state index in [9.17, 15) is 9.59 Å². The zero-order valence-electron chi connectivity index (χ0n) is 23.5. The lowest BCUT2D eigenvalue weighted by Gasteiger charge is -2.24. The van der Waals surface area contributed by atoms with Crippen molar-refractivity contribution in [1.82, 2.24) is 5.32 Å². The zero-order chi connectivity index (χ0) is 29.1. The number of hydrogen-bond donors (Lipinski definition) is 2. The molecule has 212 valence electrons. The number of nitrogens with zero attached hydrogens (tertiary/aromatic N) is 1. The molecule has 0 spiro atoms. The van der Waals surface area contributed by atoms with Gasteiger partial charge < -0.3 is 20.1 Å². The van der Waals surface area contributed by atoms with Crippen LogP contribution in [0.25, 0.3) is 10.8 Å². The van der Waals surface area contributed by atoms with Crippen LogP contribution in [-0.2, 0) is 0 Å². The highest BCUT2D eigenvalue weighted by Gasteiger charge is 2.17. The number of benzene rings is 5. The first-order valence-corrected chi connectivity index (χ1v) is 14.0. The van der Waals surface area contributed by atoms with Gasteiger partial charge in [0.25, 0.3) is 5.91 Å². The Bertz CT molecular complexity index is 1620. The number of urea groups is 1. The lowest BCUT2D eigenvalue weighted by Crippen LogP contribution is -2.37. The van der Waals surface area contributed by atoms with Gasteiger partial charge in [0, 0.05) is 30.0 Å². The molecule has 0 aromatic heterocycles. The molecular weight excluding hydrogens is 526 g/mol. The molecule has 0 aliphatic heterocycles. The van der Waals surface area contributed by atoms with E-state index < -0.39 is 0 Å². The first-order valence-electron chi connectivity index (χ1n) is 14.0. The van der Waals surface area contributed by atoms with E-state index in [0.29, 0.717) is 48.8 Å². The van der Waals surface area contributed by atoms with E-state index in [1.54, 1.807) is 4.90 Å². The monoisotopic (exact) mass is 559 g/mol. The average Bonchev–Trinajstić information content (AvgIpc) is 3.03. The van der Waals surface area contributed by atoms with Crippen molar-refractivity contribution in [3.63, 3.8) is 0 Å². The lowest BCUT2D eigenvalue weighted by atomic mass is 10.0. The van der Waals surface area contributed by atoms with Gasteiger partial charge in [0.1, 0.15) is 17.2 Å². The van der Waals surface area contributed by atoms with E-state index in [1.165, 1.54) is 0 Å². The fraction of sp³-hybridized carbons (Fsp3) is 0.143. The smallest absolute Gasteiger partial charge is 0.326 e. The van der Waals surface area contributed by atoms with Gasteiger partial charge in [-0.05, 0) is 90.8 Å². The molecule has 0 aliphatic rings. The summed E-state index contributed by atoms with van der Waals surface area (Å²) >= 11 is 0. The summed E-state index contributed by atoms with van der Waals surface area (Å²) in [6.07, 6.45) is 0.551. The molecule has 42 heavy (non-hydrogen) atoms. The van der Waals surface area contributed by atoms with Crippen molar-refractivity contribution in [2.24, 2.45) is 0 Å². The van der Waals surface area contributed by atoms with Crippen LogP contribution in [0.4, 0.5) is 16.2 Å². The second kappa shape index (κ2) is 13.9. The third-order valence-corrected chi connectivity index (χ3v) is 6.67. The molecule has 7 heteroatoms. The van der Waals surface area contributed by atoms with Gasteiger partial charge in [0.2, 0.25) is 0 Å². The van der Waals surface area contributed by atoms with Crippen molar-refractivity contribution in [3.8, 4) is 17.2 Å². The van der Waals surface area contributed by atoms with Crippen molar-refractivity contribution < 1.29 is 19.1 Å². The van der Waals surface area contributed by atoms with Crippen LogP contribution in [0.1, 0.15) is 23.7 Å². The Hall–Kier alpha value is -5.30. The minimum absolute atomic E-state index is 0.139. The average molecular weight is 560 g/mol. The summed E-state index contributed by atoms with van der Waals surface area (Å²) in [5.41, 5.74) is 1.99. The van der Waals surface area contributed by atoms with Gasteiger partial charge in [0.15, 0.2) is 0 Å². The van der Waals surface area contributed by atoms with Gasteiger partial charge in [-0.2, -0.15) is 0 Å². The molecule has 0 unspecified atom stereocenters. The number of carbonyl (C=O) groups excluding carboxylic acids is 2. The summed E-state index contributed by atoms with van der Waals surface area (Å²) in [6, 6.07) is 37.4. The summed E-state index contributed by atoms with van der Waals surface area (Å²) in [4.78, 5) is 28.1. The van der Waals surface area contributed by atoms with Crippen LogP contribution in [-0.4, -0.2) is 31.6 Å². The molecule has 0 heterocycles. The second-order valence-electron chi connectivity index (χ2n) is 9.58. The van der Waals surface area contributed by atoms with Crippen LogP contribution in [0.2, 0.25) is 0 Å². The Morgan fingerprint density at radius 3 is 2.14 bits per heavy atom. The Labute approximate surface area is 245 Å². The molecule has 0 radical (unpaired) electrons. The maximum absolute atomic E-state index is 13.5. The Morgan fingerprint density at radius 2 is 1.38 bits per heavy atom. The highest BCUT2D eigenvalue weighted by molar-refractivity contribution is 6.07. The number of carbonyl (C=O) groups is 2. The number of rotatable bonds is 11. The van der Waals surface area contributed by atoms with Crippen LogP contribution < -0.4 is 25.0 Å². The second-order valence-corrected chi connectivity index (χ2v) is 9.58. The lowest BCUT2D eigenvalue weighted by molar-refractivity contribution is 0.0955.